The molecule has 3 amide bonds. The van der Waals surface area contributed by atoms with Gasteiger partial charge in [-0.3, -0.25) is 14.4 Å². The highest BCUT2D eigenvalue weighted by atomic mass is 35.5. The molecular weight excluding hydrogens is 346 g/mol. The average Bonchev–Trinajstić information content (AvgIpc) is 2.60. The molecule has 0 atom stereocenters. The number of methoxy groups -OCH3 is 1. The van der Waals surface area contributed by atoms with Crippen LogP contribution in [0.1, 0.15) is 0 Å². The maximum absolute atomic E-state index is 11.8. The minimum Gasteiger partial charge on any atom is -0.495 e. The number of anilines is 2. The van der Waals surface area contributed by atoms with Crippen molar-refractivity contribution in [3.63, 3.8) is 0 Å². The summed E-state index contributed by atoms with van der Waals surface area (Å²) in [5.41, 5.74) is 0.929. The fraction of sp³-hybridized carbons (Fsp3) is 0.118. The molecule has 0 unspecified atom stereocenters. The number of nitrogens with one attached hydrogen (secondary N) is 3. The van der Waals surface area contributed by atoms with Gasteiger partial charge < -0.3 is 20.7 Å². The molecule has 0 saturated carbocycles. The first-order valence-electron chi connectivity index (χ1n) is 7.27. The lowest BCUT2D eigenvalue weighted by Crippen LogP contribution is -2.39. The fourth-order valence-electron chi connectivity index (χ4n) is 1.90. The first-order chi connectivity index (χ1) is 12.0. The molecule has 2 aromatic rings. The van der Waals surface area contributed by atoms with Crippen molar-refractivity contribution in [1.29, 1.82) is 0 Å². The summed E-state index contributed by atoms with van der Waals surface area (Å²) >= 11 is 5.96. The summed E-state index contributed by atoms with van der Waals surface area (Å²) in [6.45, 7) is -0.356. The molecular formula is C17H16ClN3O4. The molecule has 2 aromatic carbocycles. The Morgan fingerprint density at radius 1 is 0.960 bits per heavy atom. The third kappa shape index (κ3) is 5.50. The maximum Gasteiger partial charge on any atom is 0.313 e. The van der Waals surface area contributed by atoms with Gasteiger partial charge in [-0.15, -0.1) is 0 Å². The Morgan fingerprint density at radius 3 is 2.32 bits per heavy atom. The second-order valence-corrected chi connectivity index (χ2v) is 5.31. The summed E-state index contributed by atoms with van der Waals surface area (Å²) < 4.78 is 5.01. The Balaban J connectivity index is 1.82. The molecule has 0 fully saturated rings. The summed E-state index contributed by atoms with van der Waals surface area (Å²) in [6, 6.07) is 13.2. The van der Waals surface area contributed by atoms with Crippen LogP contribution in [0.5, 0.6) is 5.75 Å². The minimum absolute atomic E-state index is 0.339. The summed E-state index contributed by atoms with van der Waals surface area (Å²) in [7, 11) is 1.48. The lowest BCUT2D eigenvalue weighted by molar-refractivity contribution is -0.136. The molecule has 0 saturated heterocycles. The molecule has 2 rings (SSSR count). The SMILES string of the molecule is COc1ccc(NC(=O)CNC(=O)C(=O)Nc2ccccc2)cc1Cl. The predicted molar refractivity (Wildman–Crippen MR) is 94.7 cm³/mol. The minimum atomic E-state index is -0.910. The van der Waals surface area contributed by atoms with Crippen molar-refractivity contribution in [2.24, 2.45) is 0 Å². The number of benzene rings is 2. The lowest BCUT2D eigenvalue weighted by Gasteiger charge is -2.09. The summed E-state index contributed by atoms with van der Waals surface area (Å²) in [4.78, 5) is 35.2. The van der Waals surface area contributed by atoms with Gasteiger partial charge in [0, 0.05) is 11.4 Å². The summed E-state index contributed by atoms with van der Waals surface area (Å²) in [5.74, 6) is -1.79. The van der Waals surface area contributed by atoms with Gasteiger partial charge in [-0.25, -0.2) is 0 Å². The van der Waals surface area contributed by atoms with Crippen LogP contribution in [0.25, 0.3) is 0 Å². The van der Waals surface area contributed by atoms with E-state index >= 15 is 0 Å². The van der Waals surface area contributed by atoms with E-state index in [2.05, 4.69) is 16.0 Å². The van der Waals surface area contributed by atoms with Crippen LogP contribution in [0, 0.1) is 0 Å². The van der Waals surface area contributed by atoms with Crippen LogP contribution in [-0.4, -0.2) is 31.4 Å². The molecule has 8 heteroatoms. The van der Waals surface area contributed by atoms with Gasteiger partial charge in [0.2, 0.25) is 5.91 Å². The third-order valence-electron chi connectivity index (χ3n) is 3.08. The zero-order valence-corrected chi connectivity index (χ0v) is 14.1. The van der Waals surface area contributed by atoms with Gasteiger partial charge in [0.1, 0.15) is 5.75 Å². The fourth-order valence-corrected chi connectivity index (χ4v) is 2.16. The molecule has 0 aliphatic heterocycles. The Labute approximate surface area is 149 Å². The number of amides is 3. The number of para-hydroxylation sites is 1. The van der Waals surface area contributed by atoms with Crippen molar-refractivity contribution in [2.75, 3.05) is 24.3 Å². The van der Waals surface area contributed by atoms with Gasteiger partial charge >= 0.3 is 11.8 Å². The van der Waals surface area contributed by atoms with E-state index in [9.17, 15) is 14.4 Å². The highest BCUT2D eigenvalue weighted by Gasteiger charge is 2.15. The number of ether oxygens (including phenoxy) is 1. The number of halogens is 1. The van der Waals surface area contributed by atoms with Gasteiger partial charge in [0.05, 0.1) is 18.7 Å². The Hall–Kier alpha value is -3.06. The van der Waals surface area contributed by atoms with Crippen LogP contribution >= 0.6 is 11.6 Å². The van der Waals surface area contributed by atoms with Gasteiger partial charge in [0.15, 0.2) is 0 Å². The van der Waals surface area contributed by atoms with E-state index < -0.39 is 17.7 Å². The highest BCUT2D eigenvalue weighted by Crippen LogP contribution is 2.27. The normalized spacial score (nSPS) is 9.84. The Kier molecular flexibility index (Phi) is 6.36. The van der Waals surface area contributed by atoms with E-state index in [4.69, 9.17) is 16.3 Å². The standard InChI is InChI=1S/C17H16ClN3O4/c1-25-14-8-7-12(9-13(14)18)20-15(22)10-19-16(23)17(24)21-11-5-3-2-4-6-11/h2-9H,10H2,1H3,(H,19,23)(H,20,22)(H,21,24). The summed E-state index contributed by atoms with van der Waals surface area (Å²) in [5, 5.41) is 7.55. The van der Waals surface area contributed by atoms with Crippen LogP contribution in [-0.2, 0) is 14.4 Å². The molecule has 0 bridgehead atoms. The van der Waals surface area contributed by atoms with Crippen molar-refractivity contribution in [1.82, 2.24) is 5.32 Å². The van der Waals surface area contributed by atoms with Crippen molar-refractivity contribution in [3.05, 3.63) is 53.6 Å². The van der Waals surface area contributed by atoms with Gasteiger partial charge in [-0.2, -0.15) is 0 Å². The molecule has 0 aliphatic carbocycles. The predicted octanol–water partition coefficient (Wildman–Crippen LogP) is 2.04. The number of rotatable bonds is 5. The number of carbonyl (C=O) groups excluding carboxylic acids is 3. The van der Waals surface area contributed by atoms with Crippen molar-refractivity contribution < 1.29 is 19.1 Å². The van der Waals surface area contributed by atoms with Crippen molar-refractivity contribution in [3.8, 4) is 5.75 Å². The van der Waals surface area contributed by atoms with E-state index in [-0.39, 0.29) is 6.54 Å². The molecule has 7 nitrogen and oxygen atoms in total. The maximum atomic E-state index is 11.8. The van der Waals surface area contributed by atoms with Gasteiger partial charge in [-0.1, -0.05) is 29.8 Å². The van der Waals surface area contributed by atoms with Gasteiger partial charge in [0.25, 0.3) is 0 Å². The van der Waals surface area contributed by atoms with Crippen LogP contribution in [0.15, 0.2) is 48.5 Å². The zero-order valence-electron chi connectivity index (χ0n) is 13.3. The number of hydrogen-bond donors (Lipinski definition) is 3. The lowest BCUT2D eigenvalue weighted by atomic mass is 10.3. The molecule has 3 N–H and O–H groups in total. The average molecular weight is 362 g/mol. The highest BCUT2D eigenvalue weighted by molar-refractivity contribution is 6.40. The zero-order chi connectivity index (χ0) is 18.2. The largest absolute Gasteiger partial charge is 0.495 e. The first kappa shape index (κ1) is 18.3. The van der Waals surface area contributed by atoms with Crippen LogP contribution in [0.4, 0.5) is 11.4 Å². The third-order valence-corrected chi connectivity index (χ3v) is 3.38. The monoisotopic (exact) mass is 361 g/mol. The second-order valence-electron chi connectivity index (χ2n) is 4.90. The van der Waals surface area contributed by atoms with E-state index in [1.165, 1.54) is 13.2 Å². The molecule has 130 valence electrons. The van der Waals surface area contributed by atoms with E-state index in [0.717, 1.165) is 0 Å². The molecule has 0 aromatic heterocycles. The topological polar surface area (TPSA) is 96.5 Å². The van der Waals surface area contributed by atoms with E-state index in [0.29, 0.717) is 22.1 Å². The second kappa shape index (κ2) is 8.70. The van der Waals surface area contributed by atoms with Gasteiger partial charge in [-0.05, 0) is 30.3 Å². The van der Waals surface area contributed by atoms with E-state index in [1.807, 2.05) is 0 Å². The van der Waals surface area contributed by atoms with Crippen LogP contribution in [0.3, 0.4) is 0 Å². The van der Waals surface area contributed by atoms with Crippen molar-refractivity contribution in [2.45, 2.75) is 0 Å². The van der Waals surface area contributed by atoms with Crippen LogP contribution in [0.2, 0.25) is 5.02 Å². The van der Waals surface area contributed by atoms with Crippen molar-refractivity contribution >= 4 is 40.7 Å². The van der Waals surface area contributed by atoms with E-state index in [1.54, 1.807) is 42.5 Å². The molecule has 0 spiro atoms. The first-order valence-corrected chi connectivity index (χ1v) is 7.65. The van der Waals surface area contributed by atoms with Crippen LogP contribution < -0.4 is 20.7 Å². The number of carbonyl (C=O) groups is 3. The quantitative estimate of drug-likeness (QED) is 0.710. The summed E-state index contributed by atoms with van der Waals surface area (Å²) in [6.07, 6.45) is 0. The number of hydrogen-bond acceptors (Lipinski definition) is 4. The molecule has 25 heavy (non-hydrogen) atoms. The smallest absolute Gasteiger partial charge is 0.313 e. The molecule has 0 aliphatic rings. The Bertz CT molecular complexity index is 781. The molecule has 0 radical (unpaired) electrons. The Morgan fingerprint density at radius 2 is 1.68 bits per heavy atom. The molecule has 0 heterocycles.